The van der Waals surface area contributed by atoms with Crippen molar-refractivity contribution in [1.82, 2.24) is 0 Å². The van der Waals surface area contributed by atoms with E-state index >= 15 is 0 Å². The molecule has 0 N–H and O–H groups in total. The van der Waals surface area contributed by atoms with Gasteiger partial charge in [0.1, 0.15) is 0 Å². The summed E-state index contributed by atoms with van der Waals surface area (Å²) in [7, 11) is 0. The topological polar surface area (TPSA) is 17.1 Å². The van der Waals surface area contributed by atoms with E-state index in [-0.39, 0.29) is 5.41 Å². The molecule has 0 unspecified atom stereocenters. The third-order valence-corrected chi connectivity index (χ3v) is 4.37. The molecule has 0 aliphatic rings. The van der Waals surface area contributed by atoms with Gasteiger partial charge in [-0.15, -0.1) is 0 Å². The second kappa shape index (κ2) is 6.02. The summed E-state index contributed by atoms with van der Waals surface area (Å²) in [5.41, 5.74) is 2.11. The molecular formula is C17H17ClOS. The summed E-state index contributed by atoms with van der Waals surface area (Å²) in [5, 5.41) is 0.643. The molecule has 0 spiro atoms. The Labute approximate surface area is 129 Å². The van der Waals surface area contributed by atoms with E-state index in [1.54, 1.807) is 23.9 Å². The van der Waals surface area contributed by atoms with Gasteiger partial charge in [-0.05, 0) is 41.3 Å². The van der Waals surface area contributed by atoms with Gasteiger partial charge in [0.2, 0.25) is 0 Å². The molecule has 20 heavy (non-hydrogen) atoms. The summed E-state index contributed by atoms with van der Waals surface area (Å²) in [4.78, 5) is 13.0. The van der Waals surface area contributed by atoms with E-state index in [0.29, 0.717) is 10.6 Å². The number of aldehydes is 1. The molecule has 104 valence electrons. The third kappa shape index (κ3) is 3.65. The van der Waals surface area contributed by atoms with Crippen LogP contribution in [0, 0.1) is 0 Å². The second-order valence-corrected chi connectivity index (χ2v) is 7.23. The van der Waals surface area contributed by atoms with Gasteiger partial charge in [0.25, 0.3) is 0 Å². The molecule has 0 radical (unpaired) electrons. The van der Waals surface area contributed by atoms with Gasteiger partial charge in [-0.3, -0.25) is 4.79 Å². The molecule has 0 atom stereocenters. The molecule has 0 aliphatic carbocycles. The summed E-state index contributed by atoms with van der Waals surface area (Å²) >= 11 is 7.55. The van der Waals surface area contributed by atoms with Crippen LogP contribution in [0.2, 0.25) is 5.02 Å². The first kappa shape index (κ1) is 15.1. The minimum Gasteiger partial charge on any atom is -0.298 e. The minimum atomic E-state index is 0.146. The average molecular weight is 305 g/mol. The fraction of sp³-hybridized carbons (Fsp3) is 0.235. The molecule has 0 saturated carbocycles. The molecule has 0 heterocycles. The molecule has 0 bridgehead atoms. The summed E-state index contributed by atoms with van der Waals surface area (Å²) in [6.07, 6.45) is 0.863. The van der Waals surface area contributed by atoms with Gasteiger partial charge in [0, 0.05) is 20.4 Å². The van der Waals surface area contributed by atoms with E-state index < -0.39 is 0 Å². The van der Waals surface area contributed by atoms with Crippen LogP contribution in [0.5, 0.6) is 0 Å². The second-order valence-electron chi connectivity index (χ2n) is 5.68. The first-order valence-electron chi connectivity index (χ1n) is 6.43. The van der Waals surface area contributed by atoms with E-state index in [2.05, 4.69) is 45.0 Å². The molecule has 1 nitrogen and oxygen atoms in total. The van der Waals surface area contributed by atoms with E-state index in [1.165, 1.54) is 5.56 Å². The number of benzene rings is 2. The highest BCUT2D eigenvalue weighted by molar-refractivity contribution is 7.99. The van der Waals surface area contributed by atoms with Crippen LogP contribution in [-0.4, -0.2) is 6.29 Å². The fourth-order valence-corrected chi connectivity index (χ4v) is 3.03. The number of hydrogen-bond donors (Lipinski definition) is 0. The van der Waals surface area contributed by atoms with E-state index in [1.807, 2.05) is 6.07 Å². The molecule has 0 aromatic heterocycles. The quantitative estimate of drug-likeness (QED) is 0.686. The zero-order valence-corrected chi connectivity index (χ0v) is 13.4. The molecular weight excluding hydrogens is 288 g/mol. The van der Waals surface area contributed by atoms with Gasteiger partial charge in [-0.2, -0.15) is 0 Å². The largest absolute Gasteiger partial charge is 0.298 e. The molecule has 2 rings (SSSR count). The highest BCUT2D eigenvalue weighted by Crippen LogP contribution is 2.33. The maximum absolute atomic E-state index is 11.1. The Bertz CT molecular complexity index is 612. The first-order valence-corrected chi connectivity index (χ1v) is 7.63. The Morgan fingerprint density at radius 1 is 1.05 bits per heavy atom. The lowest BCUT2D eigenvalue weighted by molar-refractivity contribution is 0.112. The average Bonchev–Trinajstić information content (AvgIpc) is 2.38. The van der Waals surface area contributed by atoms with E-state index in [4.69, 9.17) is 11.6 Å². The summed E-state index contributed by atoms with van der Waals surface area (Å²) in [6, 6.07) is 13.7. The molecule has 0 amide bonds. The van der Waals surface area contributed by atoms with Gasteiger partial charge >= 0.3 is 0 Å². The monoisotopic (exact) mass is 304 g/mol. The van der Waals surface area contributed by atoms with Crippen molar-refractivity contribution in [2.75, 3.05) is 0 Å². The van der Waals surface area contributed by atoms with Crippen LogP contribution in [0.1, 0.15) is 36.7 Å². The van der Waals surface area contributed by atoms with Crippen LogP contribution >= 0.6 is 23.4 Å². The van der Waals surface area contributed by atoms with Gasteiger partial charge in [0.05, 0.1) is 0 Å². The van der Waals surface area contributed by atoms with Gasteiger partial charge in [0.15, 0.2) is 6.29 Å². The van der Waals surface area contributed by atoms with Crippen LogP contribution < -0.4 is 0 Å². The van der Waals surface area contributed by atoms with Crippen molar-refractivity contribution in [1.29, 1.82) is 0 Å². The normalized spacial score (nSPS) is 11.4. The maximum Gasteiger partial charge on any atom is 0.151 e. The van der Waals surface area contributed by atoms with Crippen molar-refractivity contribution in [3.8, 4) is 0 Å². The maximum atomic E-state index is 11.1. The van der Waals surface area contributed by atoms with Crippen LogP contribution in [0.15, 0.2) is 52.3 Å². The van der Waals surface area contributed by atoms with Gasteiger partial charge in [-0.1, -0.05) is 56.3 Å². The Kier molecular flexibility index (Phi) is 4.56. The third-order valence-electron chi connectivity index (χ3n) is 3.05. The minimum absolute atomic E-state index is 0.146. The number of rotatable bonds is 3. The Hall–Kier alpha value is -1.25. The summed E-state index contributed by atoms with van der Waals surface area (Å²) in [6.45, 7) is 6.57. The highest BCUT2D eigenvalue weighted by atomic mass is 35.5. The van der Waals surface area contributed by atoms with Crippen LogP contribution in [0.3, 0.4) is 0 Å². The van der Waals surface area contributed by atoms with Crippen molar-refractivity contribution < 1.29 is 4.79 Å². The molecule has 0 aliphatic heterocycles. The first-order chi connectivity index (χ1) is 9.40. The lowest BCUT2D eigenvalue weighted by atomic mass is 9.87. The Morgan fingerprint density at radius 3 is 2.25 bits per heavy atom. The van der Waals surface area contributed by atoms with Crippen molar-refractivity contribution >= 4 is 29.6 Å². The highest BCUT2D eigenvalue weighted by Gasteiger charge is 2.13. The molecule has 0 fully saturated rings. The van der Waals surface area contributed by atoms with Crippen LogP contribution in [0.4, 0.5) is 0 Å². The van der Waals surface area contributed by atoms with Crippen molar-refractivity contribution in [3.63, 3.8) is 0 Å². The number of carbonyl (C=O) groups excluding carboxylic acids is 1. The van der Waals surface area contributed by atoms with Crippen molar-refractivity contribution in [3.05, 3.63) is 58.6 Å². The SMILES string of the molecule is CC(C)(C)c1ccc(Sc2cc(Cl)ccc2C=O)cc1. The van der Waals surface area contributed by atoms with Gasteiger partial charge < -0.3 is 0 Å². The predicted octanol–water partition coefficient (Wildman–Crippen LogP) is 5.60. The standard InChI is InChI=1S/C17H17ClOS/c1-17(2,3)13-5-8-15(9-6-13)20-16-10-14(18)7-4-12(16)11-19/h4-11H,1-3H3. The van der Waals surface area contributed by atoms with Crippen LogP contribution in [-0.2, 0) is 5.41 Å². The molecule has 3 heteroatoms. The molecule has 2 aromatic carbocycles. The fourth-order valence-electron chi connectivity index (χ4n) is 1.84. The lowest BCUT2D eigenvalue weighted by Crippen LogP contribution is -2.10. The Morgan fingerprint density at radius 2 is 1.70 bits per heavy atom. The zero-order valence-electron chi connectivity index (χ0n) is 11.8. The van der Waals surface area contributed by atoms with E-state index in [9.17, 15) is 4.79 Å². The van der Waals surface area contributed by atoms with Crippen molar-refractivity contribution in [2.45, 2.75) is 36.0 Å². The number of carbonyl (C=O) groups is 1. The number of halogens is 1. The van der Waals surface area contributed by atoms with E-state index in [0.717, 1.165) is 16.1 Å². The van der Waals surface area contributed by atoms with Crippen LogP contribution in [0.25, 0.3) is 0 Å². The lowest BCUT2D eigenvalue weighted by Gasteiger charge is -2.19. The molecule has 0 saturated heterocycles. The predicted molar refractivity (Wildman–Crippen MR) is 86.1 cm³/mol. The zero-order chi connectivity index (χ0) is 14.8. The van der Waals surface area contributed by atoms with Gasteiger partial charge in [-0.25, -0.2) is 0 Å². The smallest absolute Gasteiger partial charge is 0.151 e. The van der Waals surface area contributed by atoms with Crippen molar-refractivity contribution in [2.24, 2.45) is 0 Å². The summed E-state index contributed by atoms with van der Waals surface area (Å²) < 4.78 is 0. The molecule has 2 aromatic rings. The Balaban J connectivity index is 2.26. The number of hydrogen-bond acceptors (Lipinski definition) is 2. The summed E-state index contributed by atoms with van der Waals surface area (Å²) in [5.74, 6) is 0.